The standard InChI is InChI=1S/C13H18ClN3O.ClH/c14-11-5-1-2-6-12(11)16-13(18)9-17-7-3-4-10(15)8-17;/h1-2,5-6,10H,3-4,7-9,15H2,(H,16,18);1H. The van der Waals surface area contributed by atoms with Gasteiger partial charge in [-0.1, -0.05) is 23.7 Å². The minimum absolute atomic E-state index is 0. The van der Waals surface area contributed by atoms with Gasteiger partial charge in [0, 0.05) is 12.6 Å². The van der Waals surface area contributed by atoms with Gasteiger partial charge in [-0.15, -0.1) is 12.4 Å². The molecule has 0 radical (unpaired) electrons. The third-order valence-corrected chi connectivity index (χ3v) is 3.39. The van der Waals surface area contributed by atoms with Crippen molar-refractivity contribution in [1.82, 2.24) is 4.90 Å². The van der Waals surface area contributed by atoms with Crippen LogP contribution in [0.2, 0.25) is 5.02 Å². The Morgan fingerprint density at radius 2 is 2.21 bits per heavy atom. The second-order valence-corrected chi connectivity index (χ2v) is 5.07. The maximum atomic E-state index is 11.9. The quantitative estimate of drug-likeness (QED) is 0.899. The number of para-hydroxylation sites is 1. The van der Waals surface area contributed by atoms with Crippen LogP contribution in [0, 0.1) is 0 Å². The summed E-state index contributed by atoms with van der Waals surface area (Å²) in [7, 11) is 0. The molecular formula is C13H19Cl2N3O. The Hall–Kier alpha value is -0.810. The average Bonchev–Trinajstić information content (AvgIpc) is 2.32. The fourth-order valence-corrected chi connectivity index (χ4v) is 2.37. The van der Waals surface area contributed by atoms with E-state index < -0.39 is 0 Å². The van der Waals surface area contributed by atoms with Crippen molar-refractivity contribution in [3.05, 3.63) is 29.3 Å². The predicted octanol–water partition coefficient (Wildman–Crippen LogP) is 2.12. The summed E-state index contributed by atoms with van der Waals surface area (Å²) in [4.78, 5) is 14.0. The highest BCUT2D eigenvalue weighted by molar-refractivity contribution is 6.33. The van der Waals surface area contributed by atoms with Crippen LogP contribution >= 0.6 is 24.0 Å². The van der Waals surface area contributed by atoms with Crippen molar-refractivity contribution in [3.63, 3.8) is 0 Å². The van der Waals surface area contributed by atoms with Crippen molar-refractivity contribution in [1.29, 1.82) is 0 Å². The predicted molar refractivity (Wildman–Crippen MR) is 81.0 cm³/mol. The second-order valence-electron chi connectivity index (χ2n) is 4.67. The zero-order chi connectivity index (χ0) is 13.0. The highest BCUT2D eigenvalue weighted by atomic mass is 35.5. The number of carbonyl (C=O) groups is 1. The summed E-state index contributed by atoms with van der Waals surface area (Å²) in [6, 6.07) is 7.42. The minimum atomic E-state index is -0.0443. The molecule has 4 nitrogen and oxygen atoms in total. The SMILES string of the molecule is Cl.NC1CCCN(CC(=O)Nc2ccccc2Cl)C1. The zero-order valence-corrected chi connectivity index (χ0v) is 12.2. The van der Waals surface area contributed by atoms with Crippen LogP contribution in [0.5, 0.6) is 0 Å². The van der Waals surface area contributed by atoms with E-state index in [9.17, 15) is 4.79 Å². The van der Waals surface area contributed by atoms with Crippen LogP contribution in [0.1, 0.15) is 12.8 Å². The molecule has 1 aliphatic rings. The van der Waals surface area contributed by atoms with Crippen LogP contribution in [0.25, 0.3) is 0 Å². The van der Waals surface area contributed by atoms with Crippen LogP contribution in [0.3, 0.4) is 0 Å². The van der Waals surface area contributed by atoms with E-state index in [1.54, 1.807) is 12.1 Å². The van der Waals surface area contributed by atoms with E-state index in [2.05, 4.69) is 10.2 Å². The van der Waals surface area contributed by atoms with Gasteiger partial charge in [0.25, 0.3) is 0 Å². The molecule has 106 valence electrons. The number of benzene rings is 1. The van der Waals surface area contributed by atoms with Gasteiger partial charge in [0.1, 0.15) is 0 Å². The molecule has 1 aliphatic heterocycles. The zero-order valence-electron chi connectivity index (χ0n) is 10.6. The molecule has 1 saturated heterocycles. The van der Waals surface area contributed by atoms with Crippen molar-refractivity contribution >= 4 is 35.6 Å². The lowest BCUT2D eigenvalue weighted by molar-refractivity contribution is -0.117. The van der Waals surface area contributed by atoms with Crippen molar-refractivity contribution in [2.75, 3.05) is 25.0 Å². The van der Waals surface area contributed by atoms with Gasteiger partial charge >= 0.3 is 0 Å². The smallest absolute Gasteiger partial charge is 0.238 e. The number of rotatable bonds is 3. The Labute approximate surface area is 124 Å². The van der Waals surface area contributed by atoms with Crippen LogP contribution < -0.4 is 11.1 Å². The third kappa shape index (κ3) is 4.99. The number of hydrogen-bond acceptors (Lipinski definition) is 3. The fraction of sp³-hybridized carbons (Fsp3) is 0.462. The molecule has 0 aromatic heterocycles. The molecule has 1 unspecified atom stereocenters. The lowest BCUT2D eigenvalue weighted by atomic mass is 10.1. The monoisotopic (exact) mass is 303 g/mol. The maximum Gasteiger partial charge on any atom is 0.238 e. The van der Waals surface area contributed by atoms with Gasteiger partial charge in [-0.3, -0.25) is 9.69 Å². The summed E-state index contributed by atoms with van der Waals surface area (Å²) in [5, 5.41) is 3.38. The van der Waals surface area contributed by atoms with E-state index in [0.717, 1.165) is 25.9 Å². The van der Waals surface area contributed by atoms with E-state index in [0.29, 0.717) is 17.3 Å². The van der Waals surface area contributed by atoms with E-state index >= 15 is 0 Å². The Morgan fingerprint density at radius 3 is 2.89 bits per heavy atom. The summed E-state index contributed by atoms with van der Waals surface area (Å²) >= 11 is 5.99. The fourth-order valence-electron chi connectivity index (χ4n) is 2.19. The summed E-state index contributed by atoms with van der Waals surface area (Å²) < 4.78 is 0. The number of nitrogens with one attached hydrogen (secondary N) is 1. The average molecular weight is 304 g/mol. The molecule has 0 saturated carbocycles. The summed E-state index contributed by atoms with van der Waals surface area (Å²) in [5.41, 5.74) is 6.54. The van der Waals surface area contributed by atoms with Gasteiger partial charge in [-0.25, -0.2) is 0 Å². The highest BCUT2D eigenvalue weighted by Crippen LogP contribution is 2.20. The van der Waals surface area contributed by atoms with Gasteiger partial charge in [0.05, 0.1) is 17.3 Å². The first-order valence-corrected chi connectivity index (χ1v) is 6.55. The molecule has 2 rings (SSSR count). The van der Waals surface area contributed by atoms with Gasteiger partial charge in [0.2, 0.25) is 5.91 Å². The largest absolute Gasteiger partial charge is 0.327 e. The second kappa shape index (κ2) is 7.70. The van der Waals surface area contributed by atoms with E-state index in [4.69, 9.17) is 17.3 Å². The van der Waals surface area contributed by atoms with Crippen molar-refractivity contribution in [2.45, 2.75) is 18.9 Å². The van der Waals surface area contributed by atoms with Crippen molar-refractivity contribution < 1.29 is 4.79 Å². The highest BCUT2D eigenvalue weighted by Gasteiger charge is 2.18. The van der Waals surface area contributed by atoms with Gasteiger partial charge in [-0.05, 0) is 31.5 Å². The molecule has 1 fully saturated rings. The lowest BCUT2D eigenvalue weighted by Gasteiger charge is -2.29. The molecule has 1 aromatic rings. The Kier molecular flexibility index (Phi) is 6.58. The molecule has 19 heavy (non-hydrogen) atoms. The molecule has 1 amide bonds. The number of nitrogens with two attached hydrogens (primary N) is 1. The van der Waals surface area contributed by atoms with Crippen LogP contribution in [-0.2, 0) is 4.79 Å². The first-order valence-electron chi connectivity index (χ1n) is 6.17. The maximum absolute atomic E-state index is 11.9. The lowest BCUT2D eigenvalue weighted by Crippen LogP contribution is -2.45. The molecule has 1 heterocycles. The third-order valence-electron chi connectivity index (χ3n) is 3.06. The number of carbonyl (C=O) groups excluding carboxylic acids is 1. The number of likely N-dealkylation sites (tertiary alicyclic amines) is 1. The van der Waals surface area contributed by atoms with E-state index in [1.807, 2.05) is 12.1 Å². The Balaban J connectivity index is 0.00000180. The first kappa shape index (κ1) is 16.2. The topological polar surface area (TPSA) is 58.4 Å². The molecule has 6 heteroatoms. The number of halogens is 2. The normalized spacial score (nSPS) is 19.6. The minimum Gasteiger partial charge on any atom is -0.327 e. The molecule has 1 aromatic carbocycles. The van der Waals surface area contributed by atoms with Gasteiger partial charge in [0.15, 0.2) is 0 Å². The molecule has 0 spiro atoms. The van der Waals surface area contributed by atoms with Crippen LogP contribution in [0.4, 0.5) is 5.69 Å². The molecular weight excluding hydrogens is 285 g/mol. The molecule has 3 N–H and O–H groups in total. The number of piperidine rings is 1. The first-order chi connectivity index (χ1) is 8.65. The summed E-state index contributed by atoms with van der Waals surface area (Å²) in [6.45, 7) is 2.10. The number of hydrogen-bond donors (Lipinski definition) is 2. The molecule has 0 bridgehead atoms. The van der Waals surface area contributed by atoms with E-state index in [1.165, 1.54) is 0 Å². The van der Waals surface area contributed by atoms with Crippen LogP contribution in [-0.4, -0.2) is 36.5 Å². The van der Waals surface area contributed by atoms with Crippen LogP contribution in [0.15, 0.2) is 24.3 Å². The molecule has 0 aliphatic carbocycles. The summed E-state index contributed by atoms with van der Waals surface area (Å²) in [5.74, 6) is -0.0443. The number of nitrogens with zero attached hydrogens (tertiary/aromatic N) is 1. The van der Waals surface area contributed by atoms with Gasteiger partial charge in [-0.2, -0.15) is 0 Å². The molecule has 1 atom stereocenters. The van der Waals surface area contributed by atoms with Crippen molar-refractivity contribution in [2.24, 2.45) is 5.73 Å². The van der Waals surface area contributed by atoms with Gasteiger partial charge < -0.3 is 11.1 Å². The number of amides is 1. The van der Waals surface area contributed by atoms with E-state index in [-0.39, 0.29) is 24.4 Å². The Morgan fingerprint density at radius 1 is 1.47 bits per heavy atom. The number of anilines is 1. The Bertz CT molecular complexity index is 428. The van der Waals surface area contributed by atoms with Crippen molar-refractivity contribution in [3.8, 4) is 0 Å². The summed E-state index contributed by atoms with van der Waals surface area (Å²) in [6.07, 6.45) is 2.10.